The average molecular weight is 463 g/mol. The molecule has 1 atom stereocenters. The van der Waals surface area contributed by atoms with E-state index in [-0.39, 0.29) is 11.9 Å². The second-order valence-corrected chi connectivity index (χ2v) is 9.31. The van der Waals surface area contributed by atoms with Gasteiger partial charge in [-0.2, -0.15) is 0 Å². The number of esters is 1. The van der Waals surface area contributed by atoms with Crippen LogP contribution < -0.4 is 4.74 Å². The fourth-order valence-electron chi connectivity index (χ4n) is 5.36. The van der Waals surface area contributed by atoms with Crippen molar-refractivity contribution in [3.63, 3.8) is 0 Å². The summed E-state index contributed by atoms with van der Waals surface area (Å²) in [6.07, 6.45) is 0.338. The Labute approximate surface area is 207 Å². The topological polar surface area (TPSA) is 35.5 Å². The minimum atomic E-state index is -0.197. The summed E-state index contributed by atoms with van der Waals surface area (Å²) in [6, 6.07) is 27.4. The number of benzene rings is 4. The Balaban J connectivity index is 1.43. The summed E-state index contributed by atoms with van der Waals surface area (Å²) in [5, 5.41) is 0. The standard InChI is InChI=1S/C32H30O3/c1-20-9-7-10-21(2)32(20)25-14-8-11-23(22(25)3)19-35-24-15-16-28-29(17-24)26-12-5-6-13-27(26)30(28)18-31(33)34-4/h5-17,30H,18-19H2,1-4H3. The largest absolute Gasteiger partial charge is 0.489 e. The normalized spacial score (nSPS) is 13.8. The van der Waals surface area contributed by atoms with Crippen LogP contribution in [-0.4, -0.2) is 13.1 Å². The molecule has 0 bridgehead atoms. The highest BCUT2D eigenvalue weighted by Gasteiger charge is 2.30. The lowest BCUT2D eigenvalue weighted by atomic mass is 9.91. The van der Waals surface area contributed by atoms with Crippen LogP contribution in [0.5, 0.6) is 5.75 Å². The van der Waals surface area contributed by atoms with Gasteiger partial charge in [0.15, 0.2) is 0 Å². The van der Waals surface area contributed by atoms with Gasteiger partial charge in [0.05, 0.1) is 13.5 Å². The van der Waals surface area contributed by atoms with Crippen molar-refractivity contribution in [2.45, 2.75) is 39.7 Å². The van der Waals surface area contributed by atoms with E-state index in [0.29, 0.717) is 13.0 Å². The summed E-state index contributed by atoms with van der Waals surface area (Å²) in [5.41, 5.74) is 12.2. The van der Waals surface area contributed by atoms with Crippen molar-refractivity contribution in [2.24, 2.45) is 0 Å². The van der Waals surface area contributed by atoms with Crippen LogP contribution in [0.4, 0.5) is 0 Å². The number of aryl methyl sites for hydroxylation is 2. The Bertz CT molecular complexity index is 1400. The van der Waals surface area contributed by atoms with Gasteiger partial charge in [-0.15, -0.1) is 0 Å². The first kappa shape index (κ1) is 22.9. The van der Waals surface area contributed by atoms with E-state index in [1.807, 2.05) is 18.2 Å². The highest BCUT2D eigenvalue weighted by atomic mass is 16.5. The molecule has 0 amide bonds. The van der Waals surface area contributed by atoms with Gasteiger partial charge in [0.1, 0.15) is 12.4 Å². The Morgan fingerprint density at radius 1 is 0.771 bits per heavy atom. The van der Waals surface area contributed by atoms with Gasteiger partial charge >= 0.3 is 5.97 Å². The zero-order chi connectivity index (χ0) is 24.5. The molecule has 0 saturated heterocycles. The fraction of sp³-hybridized carbons (Fsp3) is 0.219. The van der Waals surface area contributed by atoms with E-state index in [9.17, 15) is 4.79 Å². The predicted octanol–water partition coefficient (Wildman–Crippen LogP) is 7.53. The van der Waals surface area contributed by atoms with Crippen molar-refractivity contribution in [1.29, 1.82) is 0 Å². The van der Waals surface area contributed by atoms with Gasteiger partial charge in [-0.1, -0.05) is 66.7 Å². The second-order valence-electron chi connectivity index (χ2n) is 9.31. The summed E-state index contributed by atoms with van der Waals surface area (Å²) in [4.78, 5) is 12.1. The van der Waals surface area contributed by atoms with E-state index in [4.69, 9.17) is 9.47 Å². The van der Waals surface area contributed by atoms with Crippen LogP contribution >= 0.6 is 0 Å². The van der Waals surface area contributed by atoms with Crippen molar-refractivity contribution in [2.75, 3.05) is 7.11 Å². The maximum atomic E-state index is 12.1. The Morgan fingerprint density at radius 3 is 2.23 bits per heavy atom. The van der Waals surface area contributed by atoms with Gasteiger partial charge in [0.25, 0.3) is 0 Å². The van der Waals surface area contributed by atoms with Crippen LogP contribution in [0.25, 0.3) is 22.3 Å². The van der Waals surface area contributed by atoms with Crippen molar-refractivity contribution >= 4 is 5.97 Å². The molecule has 0 aromatic heterocycles. The molecule has 5 rings (SSSR count). The molecule has 1 aliphatic rings. The van der Waals surface area contributed by atoms with Gasteiger partial charge in [0.2, 0.25) is 0 Å². The number of ether oxygens (including phenoxy) is 2. The third kappa shape index (κ3) is 4.23. The van der Waals surface area contributed by atoms with Crippen molar-refractivity contribution in [1.82, 2.24) is 0 Å². The predicted molar refractivity (Wildman–Crippen MR) is 141 cm³/mol. The fourth-order valence-corrected chi connectivity index (χ4v) is 5.36. The number of hydrogen-bond donors (Lipinski definition) is 0. The summed E-state index contributed by atoms with van der Waals surface area (Å²) < 4.78 is 11.3. The highest BCUT2D eigenvalue weighted by molar-refractivity contribution is 5.83. The number of rotatable bonds is 6. The van der Waals surface area contributed by atoms with E-state index >= 15 is 0 Å². The Hall–Kier alpha value is -3.85. The minimum absolute atomic E-state index is 0.0129. The van der Waals surface area contributed by atoms with E-state index in [1.165, 1.54) is 46.1 Å². The lowest BCUT2D eigenvalue weighted by molar-refractivity contribution is -0.140. The molecule has 1 aliphatic carbocycles. The maximum absolute atomic E-state index is 12.1. The monoisotopic (exact) mass is 462 g/mol. The molecule has 4 aromatic carbocycles. The summed E-state index contributed by atoms with van der Waals surface area (Å²) in [6.45, 7) is 7.01. The molecule has 35 heavy (non-hydrogen) atoms. The number of carbonyl (C=O) groups is 1. The minimum Gasteiger partial charge on any atom is -0.489 e. The molecule has 3 heteroatoms. The zero-order valence-corrected chi connectivity index (χ0v) is 20.7. The van der Waals surface area contributed by atoms with E-state index < -0.39 is 0 Å². The van der Waals surface area contributed by atoms with Gasteiger partial charge in [0, 0.05) is 5.92 Å². The van der Waals surface area contributed by atoms with Gasteiger partial charge in [-0.05, 0) is 88.5 Å². The van der Waals surface area contributed by atoms with Crippen LogP contribution in [0.1, 0.15) is 45.7 Å². The smallest absolute Gasteiger partial charge is 0.306 e. The molecule has 0 radical (unpaired) electrons. The number of carbonyl (C=O) groups excluding carboxylic acids is 1. The van der Waals surface area contributed by atoms with E-state index in [2.05, 4.69) is 81.4 Å². The first-order valence-electron chi connectivity index (χ1n) is 12.1. The molecular formula is C32H30O3. The first-order valence-corrected chi connectivity index (χ1v) is 12.1. The molecular weight excluding hydrogens is 432 g/mol. The molecule has 0 N–H and O–H groups in total. The number of hydrogen-bond acceptors (Lipinski definition) is 3. The average Bonchev–Trinajstić information content (AvgIpc) is 3.17. The Kier molecular flexibility index (Phi) is 6.17. The van der Waals surface area contributed by atoms with Crippen LogP contribution in [0, 0.1) is 20.8 Å². The quantitative estimate of drug-likeness (QED) is 0.278. The first-order chi connectivity index (χ1) is 17.0. The van der Waals surface area contributed by atoms with Crippen LogP contribution in [0.2, 0.25) is 0 Å². The zero-order valence-electron chi connectivity index (χ0n) is 20.7. The molecule has 4 aromatic rings. The van der Waals surface area contributed by atoms with Gasteiger partial charge in [-0.3, -0.25) is 4.79 Å². The van der Waals surface area contributed by atoms with Crippen LogP contribution in [0.15, 0.2) is 78.9 Å². The second kappa shape index (κ2) is 9.42. The molecule has 176 valence electrons. The van der Waals surface area contributed by atoms with Crippen molar-refractivity contribution in [3.8, 4) is 28.0 Å². The Morgan fingerprint density at radius 2 is 1.46 bits per heavy atom. The lowest BCUT2D eigenvalue weighted by Crippen LogP contribution is -2.07. The molecule has 3 nitrogen and oxygen atoms in total. The third-order valence-corrected chi connectivity index (χ3v) is 7.22. The molecule has 0 spiro atoms. The van der Waals surface area contributed by atoms with Crippen LogP contribution in [-0.2, 0) is 16.1 Å². The summed E-state index contributed by atoms with van der Waals surface area (Å²) in [7, 11) is 1.44. The molecule has 1 unspecified atom stereocenters. The highest BCUT2D eigenvalue weighted by Crippen LogP contribution is 2.47. The SMILES string of the molecule is COC(=O)CC1c2ccccc2-c2cc(OCc3cccc(-c4c(C)cccc4C)c3C)ccc21. The lowest BCUT2D eigenvalue weighted by Gasteiger charge is -2.17. The maximum Gasteiger partial charge on any atom is 0.306 e. The van der Waals surface area contributed by atoms with Gasteiger partial charge in [-0.25, -0.2) is 0 Å². The molecule has 0 heterocycles. The molecule has 0 saturated carbocycles. The van der Waals surface area contributed by atoms with Crippen molar-refractivity contribution in [3.05, 3.63) is 112 Å². The van der Waals surface area contributed by atoms with E-state index in [1.54, 1.807) is 0 Å². The number of fused-ring (bicyclic) bond motifs is 3. The number of methoxy groups -OCH3 is 1. The molecule has 0 fully saturated rings. The van der Waals surface area contributed by atoms with Crippen molar-refractivity contribution < 1.29 is 14.3 Å². The van der Waals surface area contributed by atoms with Gasteiger partial charge < -0.3 is 9.47 Å². The van der Waals surface area contributed by atoms with Crippen LogP contribution in [0.3, 0.4) is 0 Å². The molecule has 0 aliphatic heterocycles. The third-order valence-electron chi connectivity index (χ3n) is 7.22. The summed E-state index contributed by atoms with van der Waals surface area (Å²) >= 11 is 0. The summed E-state index contributed by atoms with van der Waals surface area (Å²) in [5.74, 6) is 0.644. The van der Waals surface area contributed by atoms with E-state index in [0.717, 1.165) is 22.4 Å².